The minimum atomic E-state index is -1.61. The first-order valence-corrected chi connectivity index (χ1v) is 8.29. The lowest BCUT2D eigenvalue weighted by Crippen LogP contribution is -2.41. The number of nitrogens with zero attached hydrogens (tertiary/aromatic N) is 1. The summed E-state index contributed by atoms with van der Waals surface area (Å²) in [6, 6.07) is 0. The van der Waals surface area contributed by atoms with Crippen LogP contribution in [0, 0.1) is 5.92 Å². The van der Waals surface area contributed by atoms with E-state index in [-0.39, 0.29) is 24.7 Å². The van der Waals surface area contributed by atoms with Gasteiger partial charge in [-0.3, -0.25) is 4.90 Å². The van der Waals surface area contributed by atoms with Crippen molar-refractivity contribution in [2.45, 2.75) is 64.5 Å². The predicted octanol–water partition coefficient (Wildman–Crippen LogP) is 3.61. The van der Waals surface area contributed by atoms with Gasteiger partial charge in [-0.15, -0.1) is 0 Å². The van der Waals surface area contributed by atoms with Gasteiger partial charge in [0.1, 0.15) is 0 Å². The van der Waals surface area contributed by atoms with E-state index in [1.54, 1.807) is 6.08 Å². The molecule has 0 radical (unpaired) electrons. The van der Waals surface area contributed by atoms with Gasteiger partial charge >= 0.3 is 7.12 Å². The van der Waals surface area contributed by atoms with Crippen LogP contribution in [0.5, 0.6) is 0 Å². The summed E-state index contributed by atoms with van der Waals surface area (Å²) in [5.41, 5.74) is 0.432. The molecule has 3 rings (SSSR count). The third kappa shape index (κ3) is 3.34. The Hall–Kier alpha value is -0.575. The van der Waals surface area contributed by atoms with Gasteiger partial charge in [0.05, 0.1) is 11.2 Å². The fraction of sp³-hybridized carbons (Fsp3) is 0.778. The molecular weight excluding hydrogens is 273 g/mol. The molecular formula is C18H30BNO2. The van der Waals surface area contributed by atoms with E-state index in [4.69, 9.17) is 14.8 Å². The Morgan fingerprint density at radius 3 is 2.59 bits per heavy atom. The maximum absolute atomic E-state index is 8.21. The van der Waals surface area contributed by atoms with Crippen LogP contribution in [0.25, 0.3) is 0 Å². The fourth-order valence-corrected chi connectivity index (χ4v) is 2.99. The summed E-state index contributed by atoms with van der Waals surface area (Å²) in [7, 11) is -0.322. The van der Waals surface area contributed by atoms with Crippen LogP contribution in [0.4, 0.5) is 0 Å². The normalized spacial score (nSPS) is 38.6. The molecule has 2 aliphatic heterocycles. The van der Waals surface area contributed by atoms with Crippen molar-refractivity contribution in [2.24, 2.45) is 5.92 Å². The van der Waals surface area contributed by atoms with Crippen molar-refractivity contribution in [3.05, 3.63) is 23.7 Å². The van der Waals surface area contributed by atoms with Crippen molar-refractivity contribution in [3.8, 4) is 0 Å². The summed E-state index contributed by atoms with van der Waals surface area (Å²) in [4.78, 5) is 2.13. The highest BCUT2D eigenvalue weighted by molar-refractivity contribution is 6.54. The minimum absolute atomic E-state index is 0.278. The second-order valence-electron chi connectivity index (χ2n) is 7.41. The molecule has 1 atom stereocenters. The highest BCUT2D eigenvalue weighted by Gasteiger charge is 2.52. The number of hydrogen-bond donors (Lipinski definition) is 0. The maximum Gasteiger partial charge on any atom is 0.490 e. The Labute approximate surface area is 141 Å². The molecule has 1 aliphatic carbocycles. The molecule has 3 nitrogen and oxygen atoms in total. The summed E-state index contributed by atoms with van der Waals surface area (Å²) >= 11 is 0. The highest BCUT2D eigenvalue weighted by atomic mass is 16.7. The van der Waals surface area contributed by atoms with E-state index in [1.165, 1.54) is 6.08 Å². The van der Waals surface area contributed by atoms with E-state index in [0.29, 0.717) is 13.1 Å². The lowest BCUT2D eigenvalue weighted by molar-refractivity contribution is 0.00578. The van der Waals surface area contributed by atoms with Crippen LogP contribution in [0.2, 0.25) is 0 Å². The first kappa shape index (κ1) is 11.9. The third-order valence-corrected chi connectivity index (χ3v) is 5.22. The molecule has 0 saturated carbocycles. The van der Waals surface area contributed by atoms with Gasteiger partial charge in [0, 0.05) is 25.1 Å². The van der Waals surface area contributed by atoms with Crippen LogP contribution in [-0.2, 0) is 9.31 Å². The van der Waals surface area contributed by atoms with Gasteiger partial charge in [-0.25, -0.2) is 0 Å². The predicted molar refractivity (Wildman–Crippen MR) is 91.7 cm³/mol. The second kappa shape index (κ2) is 6.14. The zero-order valence-electron chi connectivity index (χ0n) is 18.2. The molecule has 4 heteroatoms. The third-order valence-electron chi connectivity index (χ3n) is 5.22. The quantitative estimate of drug-likeness (QED) is 0.587. The molecule has 0 N–H and O–H groups in total. The largest absolute Gasteiger partial charge is 0.490 e. The molecule has 0 amide bonds. The standard InChI is InChI=1S/C18H30BNO2/c1-17(2)18(3,4)22-19(21-17)16-10-12-20(13-11-16)14-15-8-6-5-7-9-15/h5-6,10,15H,7-9,11-14H2,1-4H3/i8D2,9D2. The van der Waals surface area contributed by atoms with Gasteiger partial charge < -0.3 is 9.31 Å². The van der Waals surface area contributed by atoms with Crippen molar-refractivity contribution >= 4 is 7.12 Å². The number of allylic oxidation sites excluding steroid dienone is 2. The van der Waals surface area contributed by atoms with Gasteiger partial charge in [-0.05, 0) is 64.7 Å². The zero-order valence-corrected chi connectivity index (χ0v) is 14.2. The van der Waals surface area contributed by atoms with Crippen molar-refractivity contribution in [3.63, 3.8) is 0 Å². The van der Waals surface area contributed by atoms with Crippen LogP contribution >= 0.6 is 0 Å². The van der Waals surface area contributed by atoms with Crippen LogP contribution < -0.4 is 0 Å². The van der Waals surface area contributed by atoms with E-state index >= 15 is 0 Å². The van der Waals surface area contributed by atoms with E-state index in [1.807, 2.05) is 27.7 Å². The monoisotopic (exact) mass is 307 g/mol. The van der Waals surface area contributed by atoms with Gasteiger partial charge in [0.25, 0.3) is 0 Å². The molecule has 1 fully saturated rings. The fourth-order valence-electron chi connectivity index (χ4n) is 2.99. The Kier molecular flexibility index (Phi) is 3.32. The molecule has 3 aliphatic rings. The molecule has 1 saturated heterocycles. The van der Waals surface area contributed by atoms with Crippen LogP contribution in [0.3, 0.4) is 0 Å². The van der Waals surface area contributed by atoms with Crippen molar-refractivity contribution in [1.82, 2.24) is 4.90 Å². The summed E-state index contributed by atoms with van der Waals surface area (Å²) < 4.78 is 45.0. The van der Waals surface area contributed by atoms with Crippen LogP contribution in [0.15, 0.2) is 23.7 Å². The van der Waals surface area contributed by atoms with Crippen LogP contribution in [0.1, 0.15) is 58.8 Å². The molecule has 0 aromatic heterocycles. The minimum Gasteiger partial charge on any atom is -0.400 e. The Morgan fingerprint density at radius 1 is 1.27 bits per heavy atom. The molecule has 0 spiro atoms. The van der Waals surface area contributed by atoms with Gasteiger partial charge in [0.15, 0.2) is 0 Å². The van der Waals surface area contributed by atoms with Crippen molar-refractivity contribution in [1.29, 1.82) is 0 Å². The van der Waals surface area contributed by atoms with Crippen LogP contribution in [-0.4, -0.2) is 42.9 Å². The van der Waals surface area contributed by atoms with Gasteiger partial charge in [-0.2, -0.15) is 0 Å². The first-order valence-electron chi connectivity index (χ1n) is 10.3. The Bertz CT molecular complexity index is 602. The Morgan fingerprint density at radius 2 is 2.00 bits per heavy atom. The summed E-state index contributed by atoms with van der Waals surface area (Å²) in [5, 5.41) is 0. The molecule has 22 heavy (non-hydrogen) atoms. The maximum atomic E-state index is 8.21. The average molecular weight is 307 g/mol. The second-order valence-corrected chi connectivity index (χ2v) is 7.41. The highest BCUT2D eigenvalue weighted by Crippen LogP contribution is 2.39. The van der Waals surface area contributed by atoms with E-state index < -0.39 is 18.7 Å². The number of hydrogen-bond acceptors (Lipinski definition) is 3. The van der Waals surface area contributed by atoms with Gasteiger partial charge in [-0.1, -0.05) is 18.2 Å². The molecule has 1 unspecified atom stereocenters. The van der Waals surface area contributed by atoms with Crippen molar-refractivity contribution in [2.75, 3.05) is 19.6 Å². The summed E-state index contributed by atoms with van der Waals surface area (Å²) in [5.74, 6) is -0.660. The van der Waals surface area contributed by atoms with E-state index in [9.17, 15) is 0 Å². The molecule has 2 heterocycles. The van der Waals surface area contributed by atoms with E-state index in [0.717, 1.165) is 18.4 Å². The number of rotatable bonds is 3. The smallest absolute Gasteiger partial charge is 0.400 e. The zero-order chi connectivity index (χ0) is 19.4. The molecule has 0 aromatic rings. The van der Waals surface area contributed by atoms with Crippen molar-refractivity contribution < 1.29 is 14.8 Å². The lowest BCUT2D eigenvalue weighted by Gasteiger charge is -2.32. The SMILES string of the molecule is [2H]C1([2H])C=CCC([2H])([2H])C1CN1CC=C(B2OC(C)(C)C(C)(C)O2)CC1. The molecule has 0 aromatic carbocycles. The first-order chi connectivity index (χ1) is 11.8. The van der Waals surface area contributed by atoms with Gasteiger partial charge in [0.2, 0.25) is 0 Å². The topological polar surface area (TPSA) is 21.7 Å². The summed E-state index contributed by atoms with van der Waals surface area (Å²) in [6.45, 7) is 10.0. The molecule has 0 bridgehead atoms. The summed E-state index contributed by atoms with van der Waals surface area (Å²) in [6.07, 6.45) is 3.20. The van der Waals surface area contributed by atoms with E-state index in [2.05, 4.69) is 11.0 Å². The Balaban J connectivity index is 1.64. The molecule has 122 valence electrons. The lowest BCUT2D eigenvalue weighted by atomic mass is 9.74. The average Bonchev–Trinajstić information content (AvgIpc) is 2.72.